The minimum Gasteiger partial charge on any atom is -0.508 e. The third-order valence-electron chi connectivity index (χ3n) is 10.7. The molecule has 3 saturated carbocycles. The predicted molar refractivity (Wildman–Crippen MR) is 148 cm³/mol. The highest BCUT2D eigenvalue weighted by Crippen LogP contribution is 2.67. The van der Waals surface area contributed by atoms with Crippen molar-refractivity contribution in [1.29, 1.82) is 0 Å². The van der Waals surface area contributed by atoms with Crippen LogP contribution in [-0.4, -0.2) is 69.3 Å². The molecule has 4 aliphatic rings. The molecule has 9 heteroatoms. The third kappa shape index (κ3) is 4.86. The number of allylic oxidation sites excluding steroid dienone is 2. The number of nitrogens with zero attached hydrogens (tertiary/aromatic N) is 1. The lowest BCUT2D eigenvalue weighted by molar-refractivity contribution is -0.181. The van der Waals surface area contributed by atoms with E-state index < -0.39 is 29.5 Å². The predicted octanol–water partition coefficient (Wildman–Crippen LogP) is 2.65. The van der Waals surface area contributed by atoms with Gasteiger partial charge in [0.1, 0.15) is 18.0 Å². The topological polar surface area (TPSA) is 149 Å². The number of aliphatic hydroxyl groups is 3. The van der Waals surface area contributed by atoms with Gasteiger partial charge in [0.15, 0.2) is 12.4 Å². The lowest BCUT2D eigenvalue weighted by atomic mass is 9.45. The fourth-order valence-electron chi connectivity index (χ4n) is 8.60. The van der Waals surface area contributed by atoms with E-state index in [1.165, 1.54) is 5.57 Å². The van der Waals surface area contributed by atoms with E-state index in [1.54, 1.807) is 12.1 Å². The van der Waals surface area contributed by atoms with Crippen LogP contribution < -0.4 is 5.32 Å². The first-order valence-corrected chi connectivity index (χ1v) is 14.5. The second-order valence-electron chi connectivity index (χ2n) is 12.7. The Labute approximate surface area is 235 Å². The molecule has 40 heavy (non-hydrogen) atoms. The SMILES string of the molecule is C[C@]12CC/C(=N\OCC(=O)NCCc3ccc(O)cc3)C=C1CC[C@H]1[C@H]2[C@@H](O)C[C@@]2(C)[C@@H]1CC[C@]2(O)C(=O)CO. The van der Waals surface area contributed by atoms with E-state index >= 15 is 0 Å². The highest BCUT2D eigenvalue weighted by atomic mass is 16.6. The van der Waals surface area contributed by atoms with Crippen LogP contribution in [0.4, 0.5) is 0 Å². The molecule has 0 bridgehead atoms. The minimum absolute atomic E-state index is 0.0268. The zero-order chi connectivity index (χ0) is 28.7. The van der Waals surface area contributed by atoms with Gasteiger partial charge in [0.25, 0.3) is 5.91 Å². The Kier molecular flexibility index (Phi) is 7.85. The maximum atomic E-state index is 12.6. The van der Waals surface area contributed by atoms with Crippen molar-refractivity contribution in [2.24, 2.45) is 33.7 Å². The molecule has 5 N–H and O–H groups in total. The van der Waals surface area contributed by atoms with Crippen LogP contribution in [-0.2, 0) is 20.8 Å². The van der Waals surface area contributed by atoms with Crippen LogP contribution in [0, 0.1) is 28.6 Å². The largest absolute Gasteiger partial charge is 0.508 e. The zero-order valence-corrected chi connectivity index (χ0v) is 23.4. The summed E-state index contributed by atoms with van der Waals surface area (Å²) in [5.74, 6) is -0.235. The maximum absolute atomic E-state index is 12.6. The quantitative estimate of drug-likeness (QED) is 0.310. The smallest absolute Gasteiger partial charge is 0.260 e. The number of hydrogen-bond donors (Lipinski definition) is 5. The molecular weight excluding hydrogens is 512 g/mol. The molecule has 1 aromatic carbocycles. The van der Waals surface area contributed by atoms with Gasteiger partial charge in [-0.1, -0.05) is 36.7 Å². The van der Waals surface area contributed by atoms with Crippen LogP contribution in [0.15, 0.2) is 41.1 Å². The Morgan fingerprint density at radius 1 is 1.12 bits per heavy atom. The Morgan fingerprint density at radius 3 is 2.60 bits per heavy atom. The van der Waals surface area contributed by atoms with E-state index in [-0.39, 0.29) is 41.4 Å². The van der Waals surface area contributed by atoms with Gasteiger partial charge in [-0.3, -0.25) is 9.59 Å². The van der Waals surface area contributed by atoms with Crippen LogP contribution in [0.2, 0.25) is 0 Å². The number of rotatable bonds is 8. The highest BCUT2D eigenvalue weighted by molar-refractivity contribution is 5.96. The van der Waals surface area contributed by atoms with Gasteiger partial charge in [-0.15, -0.1) is 0 Å². The summed E-state index contributed by atoms with van der Waals surface area (Å²) in [5.41, 5.74) is 0.503. The molecule has 0 aromatic heterocycles. The second-order valence-corrected chi connectivity index (χ2v) is 12.7. The van der Waals surface area contributed by atoms with Gasteiger partial charge in [-0.2, -0.15) is 0 Å². The van der Waals surface area contributed by atoms with Gasteiger partial charge in [0, 0.05) is 12.0 Å². The molecule has 7 atom stereocenters. The standard InChI is InChI=1S/C31H42N2O7/c1-29-12-9-21(33-40-18-27(38)32-14-11-19-3-6-22(35)7-4-19)15-20(29)5-8-23-24-10-13-31(39,26(37)17-34)30(24,2)16-25(36)28(23)29/h3-4,6-7,15,23-25,28,34-36,39H,5,8-14,16-18H2,1-2H3,(H,32,38)/b33-21+/t23-,24-,25+,28+,29+,30+,31+/m1/s1. The molecule has 0 unspecified atom stereocenters. The van der Waals surface area contributed by atoms with Crippen molar-refractivity contribution in [2.45, 2.75) is 76.9 Å². The van der Waals surface area contributed by atoms with Gasteiger partial charge < -0.3 is 30.6 Å². The zero-order valence-electron chi connectivity index (χ0n) is 23.4. The molecule has 3 fully saturated rings. The van der Waals surface area contributed by atoms with E-state index in [2.05, 4.69) is 23.5 Å². The van der Waals surface area contributed by atoms with Crippen molar-refractivity contribution < 1.29 is 34.9 Å². The summed E-state index contributed by atoms with van der Waals surface area (Å²) in [6, 6.07) is 6.87. The van der Waals surface area contributed by atoms with Crippen molar-refractivity contribution in [3.8, 4) is 5.75 Å². The fraction of sp³-hybridized carbons (Fsp3) is 0.645. The number of benzene rings is 1. The molecule has 0 saturated heterocycles. The summed E-state index contributed by atoms with van der Waals surface area (Å²) >= 11 is 0. The number of nitrogens with one attached hydrogen (secondary N) is 1. The summed E-state index contributed by atoms with van der Waals surface area (Å²) in [6.45, 7) is 3.76. The van der Waals surface area contributed by atoms with Crippen LogP contribution in [0.5, 0.6) is 5.75 Å². The van der Waals surface area contributed by atoms with E-state index in [1.807, 2.05) is 19.1 Å². The van der Waals surface area contributed by atoms with Crippen LogP contribution in [0.1, 0.15) is 64.4 Å². The van der Waals surface area contributed by atoms with Gasteiger partial charge in [-0.05, 0) is 98.3 Å². The Balaban J connectivity index is 1.20. The first-order valence-electron chi connectivity index (χ1n) is 14.5. The van der Waals surface area contributed by atoms with Gasteiger partial charge >= 0.3 is 0 Å². The van der Waals surface area contributed by atoms with E-state index in [0.29, 0.717) is 32.2 Å². The first-order chi connectivity index (χ1) is 19.0. The van der Waals surface area contributed by atoms with Crippen molar-refractivity contribution in [1.82, 2.24) is 5.32 Å². The Bertz CT molecular complexity index is 1200. The lowest BCUT2D eigenvalue weighted by Gasteiger charge is -2.60. The summed E-state index contributed by atoms with van der Waals surface area (Å²) in [5, 5.41) is 48.9. The molecule has 0 heterocycles. The maximum Gasteiger partial charge on any atom is 0.260 e. The van der Waals surface area contributed by atoms with E-state index in [9.17, 15) is 30.0 Å². The van der Waals surface area contributed by atoms with Gasteiger partial charge in [0.2, 0.25) is 0 Å². The molecule has 218 valence electrons. The van der Waals surface area contributed by atoms with Crippen LogP contribution in [0.3, 0.4) is 0 Å². The number of aliphatic hydroxyl groups excluding tert-OH is 2. The number of aromatic hydroxyl groups is 1. The summed E-state index contributed by atoms with van der Waals surface area (Å²) in [7, 11) is 0. The van der Waals surface area contributed by atoms with E-state index in [4.69, 9.17) is 4.84 Å². The lowest BCUT2D eigenvalue weighted by Crippen LogP contribution is -2.62. The summed E-state index contributed by atoms with van der Waals surface area (Å²) in [4.78, 5) is 30.2. The average Bonchev–Trinajstić information content (AvgIpc) is 3.20. The molecule has 0 spiro atoms. The van der Waals surface area contributed by atoms with Crippen LogP contribution >= 0.6 is 0 Å². The molecule has 5 rings (SSSR count). The number of phenolic OH excluding ortho intramolecular Hbond substituents is 1. The van der Waals surface area contributed by atoms with Gasteiger partial charge in [-0.25, -0.2) is 0 Å². The first kappa shape index (κ1) is 28.8. The number of fused-ring (bicyclic) bond motifs is 5. The highest BCUT2D eigenvalue weighted by Gasteiger charge is 2.68. The number of ketones is 1. The molecule has 9 nitrogen and oxygen atoms in total. The average molecular weight is 555 g/mol. The number of phenols is 1. The van der Waals surface area contributed by atoms with E-state index in [0.717, 1.165) is 37.0 Å². The number of oxime groups is 1. The fourth-order valence-corrected chi connectivity index (χ4v) is 8.60. The summed E-state index contributed by atoms with van der Waals surface area (Å²) < 4.78 is 0. The molecule has 4 aliphatic carbocycles. The van der Waals surface area contributed by atoms with Crippen molar-refractivity contribution >= 4 is 17.4 Å². The Hall–Kier alpha value is -2.75. The summed E-state index contributed by atoms with van der Waals surface area (Å²) in [6.07, 6.45) is 6.66. The number of amides is 1. The number of Topliss-reactive ketones (excluding diaryl/α,β-unsaturated/α-hetero) is 1. The molecule has 0 aliphatic heterocycles. The minimum atomic E-state index is -1.59. The number of hydrogen-bond acceptors (Lipinski definition) is 8. The number of carbonyl (C=O) groups is 2. The van der Waals surface area contributed by atoms with Crippen LogP contribution in [0.25, 0.3) is 0 Å². The molecule has 0 radical (unpaired) electrons. The van der Waals surface area contributed by atoms with Crippen molar-refractivity contribution in [3.05, 3.63) is 41.5 Å². The van der Waals surface area contributed by atoms with Crippen molar-refractivity contribution in [3.63, 3.8) is 0 Å². The number of carbonyl (C=O) groups excluding carboxylic acids is 2. The van der Waals surface area contributed by atoms with Crippen molar-refractivity contribution in [2.75, 3.05) is 19.8 Å². The monoisotopic (exact) mass is 554 g/mol. The third-order valence-corrected chi connectivity index (χ3v) is 10.7. The molecule has 1 aromatic rings. The van der Waals surface area contributed by atoms with Gasteiger partial charge in [0.05, 0.1) is 11.8 Å². The molecular formula is C31H42N2O7. The normalized spacial score (nSPS) is 37.6. The Morgan fingerprint density at radius 2 is 1.88 bits per heavy atom. The molecule has 1 amide bonds. The second kappa shape index (κ2) is 10.9.